The molecule has 2 aromatic rings. The third-order valence-electron chi connectivity index (χ3n) is 2.85. The smallest absolute Gasteiger partial charge is 0.339 e. The highest BCUT2D eigenvalue weighted by Crippen LogP contribution is 2.24. The van der Waals surface area contributed by atoms with Gasteiger partial charge in [0.2, 0.25) is 0 Å². The molecule has 1 N–H and O–H groups in total. The first-order chi connectivity index (χ1) is 9.06. The van der Waals surface area contributed by atoms with Crippen molar-refractivity contribution in [2.24, 2.45) is 0 Å². The molecular formula is C13H13ClN2O3. The van der Waals surface area contributed by atoms with Crippen LogP contribution < -0.4 is 0 Å². The Kier molecular flexibility index (Phi) is 3.87. The fraction of sp³-hybridized carbons (Fsp3) is 0.231. The zero-order valence-corrected chi connectivity index (χ0v) is 11.3. The van der Waals surface area contributed by atoms with Crippen LogP contribution in [0.4, 0.5) is 0 Å². The molecule has 6 heteroatoms. The van der Waals surface area contributed by atoms with Gasteiger partial charge in [-0.3, -0.25) is 0 Å². The number of nitrogens with zero attached hydrogens (tertiary/aromatic N) is 2. The Balaban J connectivity index is 2.62. The van der Waals surface area contributed by atoms with Crippen LogP contribution in [-0.2, 0) is 11.3 Å². The number of aromatic nitrogens is 2. The van der Waals surface area contributed by atoms with Crippen molar-refractivity contribution in [3.05, 3.63) is 46.2 Å². The van der Waals surface area contributed by atoms with E-state index in [0.29, 0.717) is 10.7 Å². The summed E-state index contributed by atoms with van der Waals surface area (Å²) >= 11 is 6.07. The fourth-order valence-electron chi connectivity index (χ4n) is 1.86. The number of methoxy groups -OCH3 is 1. The molecule has 0 atom stereocenters. The van der Waals surface area contributed by atoms with Gasteiger partial charge < -0.3 is 9.84 Å². The maximum Gasteiger partial charge on any atom is 0.339 e. The molecule has 1 aromatic carbocycles. The molecule has 0 spiro atoms. The van der Waals surface area contributed by atoms with Gasteiger partial charge in [-0.2, -0.15) is 5.10 Å². The van der Waals surface area contributed by atoms with Gasteiger partial charge in [-0.15, -0.1) is 0 Å². The average molecular weight is 281 g/mol. The molecule has 0 amide bonds. The molecular weight excluding hydrogens is 268 g/mol. The van der Waals surface area contributed by atoms with E-state index in [4.69, 9.17) is 21.4 Å². The molecule has 0 aliphatic heterocycles. The number of benzene rings is 1. The number of hydrogen-bond donors (Lipinski definition) is 1. The number of aromatic carboxylic acids is 1. The maximum atomic E-state index is 11.2. The van der Waals surface area contributed by atoms with E-state index >= 15 is 0 Å². The Morgan fingerprint density at radius 3 is 2.89 bits per heavy atom. The van der Waals surface area contributed by atoms with Crippen molar-refractivity contribution >= 4 is 17.6 Å². The fourth-order valence-corrected chi connectivity index (χ4v) is 2.03. The quantitative estimate of drug-likeness (QED) is 0.935. The zero-order chi connectivity index (χ0) is 14.0. The van der Waals surface area contributed by atoms with E-state index < -0.39 is 5.97 Å². The molecule has 0 aliphatic rings. The van der Waals surface area contributed by atoms with Crippen LogP contribution in [-0.4, -0.2) is 28.0 Å². The van der Waals surface area contributed by atoms with Gasteiger partial charge in [0.25, 0.3) is 0 Å². The second-order valence-corrected chi connectivity index (χ2v) is 4.45. The number of carbonyl (C=O) groups is 1. The number of hydrogen-bond acceptors (Lipinski definition) is 3. The standard InChI is InChI=1S/C13H13ClN2O3/c1-8-10(14)4-3-5-11(8)16-12(7-19-2)9(6-15-16)13(17)18/h3-6H,7H2,1-2H3,(H,17,18). The second-order valence-electron chi connectivity index (χ2n) is 4.04. The lowest BCUT2D eigenvalue weighted by Gasteiger charge is -2.11. The molecule has 5 nitrogen and oxygen atoms in total. The van der Waals surface area contributed by atoms with E-state index in [1.807, 2.05) is 13.0 Å². The van der Waals surface area contributed by atoms with Crippen LogP contribution in [0.5, 0.6) is 0 Å². The lowest BCUT2D eigenvalue weighted by Crippen LogP contribution is -2.08. The summed E-state index contributed by atoms with van der Waals surface area (Å²) in [4.78, 5) is 11.2. The lowest BCUT2D eigenvalue weighted by molar-refractivity contribution is 0.0691. The van der Waals surface area contributed by atoms with Crippen molar-refractivity contribution in [2.75, 3.05) is 7.11 Å². The van der Waals surface area contributed by atoms with Gasteiger partial charge in [-0.1, -0.05) is 17.7 Å². The summed E-state index contributed by atoms with van der Waals surface area (Å²) in [5, 5.41) is 13.9. The molecule has 19 heavy (non-hydrogen) atoms. The van der Waals surface area contributed by atoms with Crippen LogP contribution in [0.3, 0.4) is 0 Å². The maximum absolute atomic E-state index is 11.2. The third-order valence-corrected chi connectivity index (χ3v) is 3.26. The molecule has 1 heterocycles. The van der Waals surface area contributed by atoms with E-state index in [-0.39, 0.29) is 12.2 Å². The zero-order valence-electron chi connectivity index (χ0n) is 10.6. The summed E-state index contributed by atoms with van der Waals surface area (Å²) < 4.78 is 6.60. The monoisotopic (exact) mass is 280 g/mol. The van der Waals surface area contributed by atoms with Crippen LogP contribution in [0.15, 0.2) is 24.4 Å². The number of ether oxygens (including phenoxy) is 1. The predicted octanol–water partition coefficient (Wildman–Crippen LogP) is 2.68. The van der Waals surface area contributed by atoms with Crippen molar-refractivity contribution < 1.29 is 14.6 Å². The summed E-state index contributed by atoms with van der Waals surface area (Å²) in [5.74, 6) is -1.03. The highest BCUT2D eigenvalue weighted by molar-refractivity contribution is 6.31. The molecule has 0 saturated carbocycles. The Hall–Kier alpha value is -1.85. The van der Waals surface area contributed by atoms with Gasteiger partial charge in [0.05, 0.1) is 24.2 Å². The molecule has 0 radical (unpaired) electrons. The Morgan fingerprint density at radius 1 is 1.53 bits per heavy atom. The first kappa shape index (κ1) is 13.6. The van der Waals surface area contributed by atoms with Gasteiger partial charge in [-0.05, 0) is 24.6 Å². The van der Waals surface area contributed by atoms with Gasteiger partial charge in [0.1, 0.15) is 5.56 Å². The normalized spacial score (nSPS) is 10.7. The first-order valence-corrected chi connectivity index (χ1v) is 5.98. The topological polar surface area (TPSA) is 64.3 Å². The molecule has 2 rings (SSSR count). The van der Waals surface area contributed by atoms with Crippen LogP contribution in [0, 0.1) is 6.92 Å². The molecule has 0 unspecified atom stereocenters. The van der Waals surface area contributed by atoms with Crippen molar-refractivity contribution in [3.8, 4) is 5.69 Å². The Morgan fingerprint density at radius 2 is 2.26 bits per heavy atom. The minimum atomic E-state index is -1.03. The van der Waals surface area contributed by atoms with Crippen molar-refractivity contribution in [3.63, 3.8) is 0 Å². The molecule has 0 fully saturated rings. The van der Waals surface area contributed by atoms with E-state index in [1.165, 1.54) is 13.3 Å². The Bertz CT molecular complexity index is 622. The highest BCUT2D eigenvalue weighted by atomic mass is 35.5. The Labute approximate surface area is 115 Å². The van der Waals surface area contributed by atoms with E-state index in [1.54, 1.807) is 16.8 Å². The van der Waals surface area contributed by atoms with Crippen molar-refractivity contribution in [2.45, 2.75) is 13.5 Å². The number of halogens is 1. The molecule has 0 saturated heterocycles. The summed E-state index contributed by atoms with van der Waals surface area (Å²) in [7, 11) is 1.51. The molecule has 0 bridgehead atoms. The van der Waals surface area contributed by atoms with Crippen LogP contribution in [0.2, 0.25) is 5.02 Å². The van der Waals surface area contributed by atoms with Gasteiger partial charge in [0.15, 0.2) is 0 Å². The van der Waals surface area contributed by atoms with Crippen LogP contribution >= 0.6 is 11.6 Å². The van der Waals surface area contributed by atoms with E-state index in [9.17, 15) is 4.79 Å². The van der Waals surface area contributed by atoms with Crippen LogP contribution in [0.25, 0.3) is 5.69 Å². The molecule has 1 aromatic heterocycles. The average Bonchev–Trinajstić information content (AvgIpc) is 2.77. The minimum Gasteiger partial charge on any atom is -0.478 e. The number of rotatable bonds is 4. The highest BCUT2D eigenvalue weighted by Gasteiger charge is 2.18. The largest absolute Gasteiger partial charge is 0.478 e. The SMILES string of the molecule is COCc1c(C(=O)O)cnn1-c1cccc(Cl)c1C. The third kappa shape index (κ3) is 2.47. The second kappa shape index (κ2) is 5.42. The lowest BCUT2D eigenvalue weighted by atomic mass is 10.2. The number of carboxylic acids is 1. The number of carboxylic acid groups (broad SMARTS) is 1. The molecule has 0 aliphatic carbocycles. The van der Waals surface area contributed by atoms with Gasteiger partial charge >= 0.3 is 5.97 Å². The predicted molar refractivity (Wildman–Crippen MR) is 71.0 cm³/mol. The van der Waals surface area contributed by atoms with E-state index in [0.717, 1.165) is 11.3 Å². The summed E-state index contributed by atoms with van der Waals surface area (Å²) in [6, 6.07) is 5.40. The van der Waals surface area contributed by atoms with Gasteiger partial charge in [0, 0.05) is 12.1 Å². The van der Waals surface area contributed by atoms with Crippen molar-refractivity contribution in [1.82, 2.24) is 9.78 Å². The summed E-state index contributed by atoms with van der Waals surface area (Å²) in [5.41, 5.74) is 2.19. The molecule has 100 valence electrons. The van der Waals surface area contributed by atoms with Crippen molar-refractivity contribution in [1.29, 1.82) is 0 Å². The van der Waals surface area contributed by atoms with E-state index in [2.05, 4.69) is 5.10 Å². The van der Waals surface area contributed by atoms with Crippen LogP contribution in [0.1, 0.15) is 21.6 Å². The summed E-state index contributed by atoms with van der Waals surface area (Å²) in [6.45, 7) is 2.02. The minimum absolute atomic E-state index is 0.126. The van der Waals surface area contributed by atoms with Gasteiger partial charge in [-0.25, -0.2) is 9.48 Å². The first-order valence-electron chi connectivity index (χ1n) is 5.61. The summed E-state index contributed by atoms with van der Waals surface area (Å²) in [6.07, 6.45) is 1.32.